The third-order valence-corrected chi connectivity index (χ3v) is 1.35. The zero-order valence-corrected chi connectivity index (χ0v) is 5.74. The average molecular weight is 182 g/mol. The van der Waals surface area contributed by atoms with Gasteiger partial charge >= 0.3 is 6.18 Å². The maximum absolute atomic E-state index is 11.6. The molecule has 0 unspecified atom stereocenters. The standard InChI is InChI=1S/C4HF3N2OS/c5-4(6,7)3(10)2-1-11-9-8-2/h1H. The Bertz CT molecular complexity index is 255. The van der Waals surface area contributed by atoms with Crippen LogP contribution in [0.15, 0.2) is 5.38 Å². The van der Waals surface area contributed by atoms with E-state index in [0.29, 0.717) is 11.5 Å². The molecular formula is C4HF3N2OS. The Kier molecular flexibility index (Phi) is 1.90. The number of rotatable bonds is 1. The van der Waals surface area contributed by atoms with E-state index in [0.717, 1.165) is 5.38 Å². The summed E-state index contributed by atoms with van der Waals surface area (Å²) in [4.78, 5) is 10.3. The van der Waals surface area contributed by atoms with Gasteiger partial charge in [0.25, 0.3) is 5.78 Å². The zero-order chi connectivity index (χ0) is 8.48. The lowest BCUT2D eigenvalue weighted by Crippen LogP contribution is -2.22. The highest BCUT2D eigenvalue weighted by molar-refractivity contribution is 7.03. The van der Waals surface area contributed by atoms with E-state index >= 15 is 0 Å². The maximum Gasteiger partial charge on any atom is 0.456 e. The largest absolute Gasteiger partial charge is 0.456 e. The molecule has 7 heteroatoms. The first-order valence-corrected chi connectivity index (χ1v) is 3.24. The first kappa shape index (κ1) is 8.12. The summed E-state index contributed by atoms with van der Waals surface area (Å²) in [5.41, 5.74) is -0.650. The molecule has 11 heavy (non-hydrogen) atoms. The molecule has 0 aliphatic heterocycles. The van der Waals surface area contributed by atoms with Gasteiger partial charge in [-0.15, -0.1) is 5.10 Å². The number of carbonyl (C=O) groups is 1. The Morgan fingerprint density at radius 1 is 1.55 bits per heavy atom. The van der Waals surface area contributed by atoms with Gasteiger partial charge in [0.1, 0.15) is 0 Å². The molecular weight excluding hydrogens is 181 g/mol. The number of alkyl halides is 3. The Balaban J connectivity index is 2.88. The van der Waals surface area contributed by atoms with Crippen molar-refractivity contribution in [1.29, 1.82) is 0 Å². The third-order valence-electron chi connectivity index (χ3n) is 0.850. The molecule has 1 heterocycles. The molecule has 0 amide bonds. The molecule has 0 radical (unpaired) electrons. The topological polar surface area (TPSA) is 42.9 Å². The number of hydrogen-bond acceptors (Lipinski definition) is 4. The molecule has 0 bridgehead atoms. The second-order valence-corrected chi connectivity index (χ2v) is 2.23. The van der Waals surface area contributed by atoms with Crippen LogP contribution in [0.2, 0.25) is 0 Å². The van der Waals surface area contributed by atoms with Crippen LogP contribution in [0.25, 0.3) is 0 Å². The van der Waals surface area contributed by atoms with E-state index in [-0.39, 0.29) is 0 Å². The summed E-state index contributed by atoms with van der Waals surface area (Å²) in [6, 6.07) is 0. The van der Waals surface area contributed by atoms with Crippen molar-refractivity contribution in [2.24, 2.45) is 0 Å². The van der Waals surface area contributed by atoms with Crippen molar-refractivity contribution in [1.82, 2.24) is 9.59 Å². The van der Waals surface area contributed by atoms with Gasteiger partial charge < -0.3 is 0 Å². The monoisotopic (exact) mass is 182 g/mol. The van der Waals surface area contributed by atoms with E-state index in [2.05, 4.69) is 9.59 Å². The molecule has 1 aromatic heterocycles. The van der Waals surface area contributed by atoms with Gasteiger partial charge in [-0.2, -0.15) is 13.2 Å². The van der Waals surface area contributed by atoms with E-state index < -0.39 is 17.7 Å². The highest BCUT2D eigenvalue weighted by atomic mass is 32.1. The molecule has 0 atom stereocenters. The van der Waals surface area contributed by atoms with Crippen molar-refractivity contribution in [3.63, 3.8) is 0 Å². The quantitative estimate of drug-likeness (QED) is 0.614. The number of Topliss-reactive ketones (excluding diaryl/α,β-unsaturated/α-hetero) is 1. The molecule has 0 aromatic carbocycles. The highest BCUT2D eigenvalue weighted by Crippen LogP contribution is 2.20. The van der Waals surface area contributed by atoms with Crippen LogP contribution >= 0.6 is 11.5 Å². The van der Waals surface area contributed by atoms with Crippen molar-refractivity contribution < 1.29 is 18.0 Å². The molecule has 0 saturated heterocycles. The molecule has 0 aliphatic carbocycles. The van der Waals surface area contributed by atoms with E-state index in [1.807, 2.05) is 0 Å². The van der Waals surface area contributed by atoms with Crippen LogP contribution in [0, 0.1) is 0 Å². The van der Waals surface area contributed by atoms with Gasteiger partial charge in [-0.3, -0.25) is 4.79 Å². The number of aromatic nitrogens is 2. The molecule has 0 saturated carbocycles. The summed E-state index contributed by atoms with van der Waals surface area (Å²) in [6.07, 6.45) is -4.85. The number of carbonyl (C=O) groups excluding carboxylic acids is 1. The number of hydrogen-bond donors (Lipinski definition) is 0. The van der Waals surface area contributed by atoms with Crippen LogP contribution in [-0.4, -0.2) is 21.5 Å². The van der Waals surface area contributed by atoms with Crippen LogP contribution in [0.5, 0.6) is 0 Å². The maximum atomic E-state index is 11.6. The normalized spacial score (nSPS) is 11.5. The number of nitrogens with zero attached hydrogens (tertiary/aromatic N) is 2. The summed E-state index contributed by atoms with van der Waals surface area (Å²) in [5, 5.41) is 3.94. The predicted octanol–water partition coefficient (Wildman–Crippen LogP) is 1.28. The number of halogens is 3. The highest BCUT2D eigenvalue weighted by Gasteiger charge is 2.40. The van der Waals surface area contributed by atoms with E-state index in [1.165, 1.54) is 0 Å². The molecule has 1 aromatic rings. The SMILES string of the molecule is O=C(c1csnn1)C(F)(F)F. The molecule has 0 N–H and O–H groups in total. The van der Waals surface area contributed by atoms with Gasteiger partial charge in [0, 0.05) is 5.38 Å². The van der Waals surface area contributed by atoms with Crippen molar-refractivity contribution in [2.75, 3.05) is 0 Å². The van der Waals surface area contributed by atoms with Crippen LogP contribution in [0.4, 0.5) is 13.2 Å². The van der Waals surface area contributed by atoms with Crippen molar-refractivity contribution in [3.8, 4) is 0 Å². The Hall–Kier alpha value is -0.980. The Morgan fingerprint density at radius 3 is 2.55 bits per heavy atom. The van der Waals surface area contributed by atoms with Gasteiger partial charge in [0.05, 0.1) is 0 Å². The van der Waals surface area contributed by atoms with Crippen LogP contribution in [0.3, 0.4) is 0 Å². The van der Waals surface area contributed by atoms with Crippen LogP contribution in [0.1, 0.15) is 10.5 Å². The first-order chi connectivity index (χ1) is 5.02. The zero-order valence-electron chi connectivity index (χ0n) is 4.92. The second kappa shape index (κ2) is 2.57. The molecule has 60 valence electrons. The summed E-state index contributed by atoms with van der Waals surface area (Å²) >= 11 is 0.702. The molecule has 1 rings (SSSR count). The van der Waals surface area contributed by atoms with Crippen molar-refractivity contribution >= 4 is 17.3 Å². The fraction of sp³-hybridized carbons (Fsp3) is 0.250. The van der Waals surface area contributed by atoms with Gasteiger partial charge in [-0.05, 0) is 11.5 Å². The van der Waals surface area contributed by atoms with Crippen LogP contribution in [-0.2, 0) is 0 Å². The fourth-order valence-electron chi connectivity index (χ4n) is 0.409. The fourth-order valence-corrected chi connectivity index (χ4v) is 0.845. The molecule has 3 nitrogen and oxygen atoms in total. The number of ketones is 1. The molecule has 0 fully saturated rings. The molecule has 0 aliphatic rings. The van der Waals surface area contributed by atoms with E-state index in [9.17, 15) is 18.0 Å². The lowest BCUT2D eigenvalue weighted by atomic mass is 10.3. The van der Waals surface area contributed by atoms with Gasteiger partial charge in [0.15, 0.2) is 5.69 Å². The van der Waals surface area contributed by atoms with Gasteiger partial charge in [0.2, 0.25) is 0 Å². The Morgan fingerprint density at radius 2 is 2.18 bits per heavy atom. The minimum atomic E-state index is -4.85. The van der Waals surface area contributed by atoms with Crippen molar-refractivity contribution in [2.45, 2.75) is 6.18 Å². The van der Waals surface area contributed by atoms with Crippen molar-refractivity contribution in [3.05, 3.63) is 11.1 Å². The summed E-state index contributed by atoms with van der Waals surface area (Å²) in [6.45, 7) is 0. The minimum Gasteiger partial charge on any atom is -0.282 e. The first-order valence-electron chi connectivity index (χ1n) is 2.40. The lowest BCUT2D eigenvalue weighted by Gasteiger charge is -1.99. The summed E-state index contributed by atoms with van der Waals surface area (Å²) in [7, 11) is 0. The smallest absolute Gasteiger partial charge is 0.282 e. The van der Waals surface area contributed by atoms with E-state index in [1.54, 1.807) is 0 Å². The van der Waals surface area contributed by atoms with E-state index in [4.69, 9.17) is 0 Å². The summed E-state index contributed by atoms with van der Waals surface area (Å²) in [5.74, 6) is -1.95. The lowest BCUT2D eigenvalue weighted by molar-refractivity contribution is -0.0888. The predicted molar refractivity (Wildman–Crippen MR) is 30.3 cm³/mol. The minimum absolute atomic E-state index is 0.650. The van der Waals surface area contributed by atoms with Crippen LogP contribution < -0.4 is 0 Å². The molecule has 0 spiro atoms. The third kappa shape index (κ3) is 1.73. The Labute approximate surface area is 63.0 Å². The van der Waals surface area contributed by atoms with Gasteiger partial charge in [-0.25, -0.2) is 0 Å². The second-order valence-electron chi connectivity index (χ2n) is 1.62. The van der Waals surface area contributed by atoms with Gasteiger partial charge in [-0.1, -0.05) is 4.49 Å². The summed E-state index contributed by atoms with van der Waals surface area (Å²) < 4.78 is 37.9. The average Bonchev–Trinajstić information content (AvgIpc) is 2.34.